The number of pyridine rings is 1. The van der Waals surface area contributed by atoms with Crippen molar-refractivity contribution in [2.75, 3.05) is 0 Å². The van der Waals surface area contributed by atoms with Gasteiger partial charge in [0.2, 0.25) is 0 Å². The SMILES string of the molecule is Cc1c2c(c(C)c([Si](C)(C)C)c1-c1nccc3ccccc13)COC2. The predicted molar refractivity (Wildman–Crippen MR) is 108 cm³/mol. The lowest BCUT2D eigenvalue weighted by molar-refractivity contribution is 0.134. The minimum absolute atomic E-state index is 0.728. The standard InChI is InChI=1S/C22H25NOSi/c1-14-18-12-24-13-19(18)15(2)22(25(3,4)5)20(14)21-17-9-7-6-8-16(17)10-11-23-21/h6-11H,12-13H2,1-5H3. The molecule has 0 unspecified atom stereocenters. The molecule has 0 fully saturated rings. The second-order valence-electron chi connectivity index (χ2n) is 8.08. The maximum atomic E-state index is 5.82. The summed E-state index contributed by atoms with van der Waals surface area (Å²) in [4.78, 5) is 4.86. The third kappa shape index (κ3) is 2.54. The molecule has 0 saturated carbocycles. The van der Waals surface area contributed by atoms with Crippen molar-refractivity contribution >= 4 is 24.0 Å². The summed E-state index contributed by atoms with van der Waals surface area (Å²) >= 11 is 0. The molecule has 0 aliphatic carbocycles. The van der Waals surface area contributed by atoms with E-state index in [1.165, 1.54) is 43.8 Å². The van der Waals surface area contributed by atoms with Crippen LogP contribution in [-0.4, -0.2) is 13.1 Å². The van der Waals surface area contributed by atoms with Crippen LogP contribution in [0.3, 0.4) is 0 Å². The maximum absolute atomic E-state index is 5.82. The molecule has 0 bridgehead atoms. The van der Waals surface area contributed by atoms with Crippen molar-refractivity contribution in [3.8, 4) is 11.3 Å². The summed E-state index contributed by atoms with van der Waals surface area (Å²) in [7, 11) is -1.56. The van der Waals surface area contributed by atoms with E-state index >= 15 is 0 Å². The fraction of sp³-hybridized carbons (Fsp3) is 0.318. The number of aromatic nitrogens is 1. The summed E-state index contributed by atoms with van der Waals surface area (Å²) in [6, 6.07) is 10.7. The van der Waals surface area contributed by atoms with Gasteiger partial charge in [0.05, 0.1) is 27.0 Å². The summed E-state index contributed by atoms with van der Waals surface area (Å²) in [5.74, 6) is 0. The molecule has 0 radical (unpaired) electrons. The highest BCUT2D eigenvalue weighted by Crippen LogP contribution is 2.36. The molecule has 0 spiro atoms. The molecule has 1 aromatic heterocycles. The smallest absolute Gasteiger partial charge is 0.0788 e. The molecule has 1 aliphatic heterocycles. The first-order valence-electron chi connectivity index (χ1n) is 8.97. The highest BCUT2D eigenvalue weighted by molar-refractivity contribution is 6.90. The Balaban J connectivity index is 2.16. The van der Waals surface area contributed by atoms with Gasteiger partial charge < -0.3 is 4.74 Å². The van der Waals surface area contributed by atoms with Gasteiger partial charge >= 0.3 is 0 Å². The van der Waals surface area contributed by atoms with E-state index in [0.717, 1.165) is 18.9 Å². The fourth-order valence-corrected chi connectivity index (χ4v) is 6.66. The van der Waals surface area contributed by atoms with Crippen molar-refractivity contribution in [2.24, 2.45) is 0 Å². The molecular formula is C22H25NOSi. The Kier molecular flexibility index (Phi) is 3.82. The van der Waals surface area contributed by atoms with Gasteiger partial charge in [-0.1, -0.05) is 43.9 Å². The van der Waals surface area contributed by atoms with Gasteiger partial charge in [-0.05, 0) is 52.7 Å². The third-order valence-electron chi connectivity index (χ3n) is 5.42. The molecule has 3 aromatic rings. The number of hydrogen-bond acceptors (Lipinski definition) is 2. The average Bonchev–Trinajstić information content (AvgIpc) is 3.07. The first kappa shape index (κ1) is 16.5. The van der Waals surface area contributed by atoms with E-state index in [2.05, 4.69) is 63.8 Å². The zero-order valence-electron chi connectivity index (χ0n) is 15.7. The molecule has 2 heterocycles. The summed E-state index contributed by atoms with van der Waals surface area (Å²) < 4.78 is 5.82. The van der Waals surface area contributed by atoms with Gasteiger partial charge in [0.15, 0.2) is 0 Å². The van der Waals surface area contributed by atoms with E-state index in [0.29, 0.717) is 0 Å². The predicted octanol–water partition coefficient (Wildman–Crippen LogP) is 5.09. The lowest BCUT2D eigenvalue weighted by atomic mass is 9.91. The summed E-state index contributed by atoms with van der Waals surface area (Å²) in [6.07, 6.45) is 1.95. The number of fused-ring (bicyclic) bond motifs is 2. The van der Waals surface area contributed by atoms with Crippen LogP contribution in [0.25, 0.3) is 22.0 Å². The summed E-state index contributed by atoms with van der Waals surface area (Å²) in [6.45, 7) is 13.3. The molecule has 0 saturated heterocycles. The average molecular weight is 348 g/mol. The Morgan fingerprint density at radius 1 is 0.920 bits per heavy atom. The largest absolute Gasteiger partial charge is 0.372 e. The lowest BCUT2D eigenvalue weighted by Crippen LogP contribution is -2.42. The number of hydrogen-bond donors (Lipinski definition) is 0. The van der Waals surface area contributed by atoms with Gasteiger partial charge in [-0.2, -0.15) is 0 Å². The number of benzene rings is 2. The molecule has 128 valence electrons. The van der Waals surface area contributed by atoms with Gasteiger partial charge in [-0.3, -0.25) is 4.98 Å². The first-order valence-corrected chi connectivity index (χ1v) is 12.5. The van der Waals surface area contributed by atoms with Gasteiger partial charge in [0.1, 0.15) is 0 Å². The number of rotatable bonds is 2. The monoisotopic (exact) mass is 347 g/mol. The van der Waals surface area contributed by atoms with E-state index in [-0.39, 0.29) is 0 Å². The minimum Gasteiger partial charge on any atom is -0.372 e. The summed E-state index contributed by atoms with van der Waals surface area (Å²) in [5.41, 5.74) is 8.08. The van der Waals surface area contributed by atoms with Gasteiger partial charge in [-0.25, -0.2) is 0 Å². The van der Waals surface area contributed by atoms with Gasteiger partial charge in [0.25, 0.3) is 0 Å². The molecule has 25 heavy (non-hydrogen) atoms. The van der Waals surface area contributed by atoms with Crippen LogP contribution in [0.15, 0.2) is 36.5 Å². The van der Waals surface area contributed by atoms with Crippen LogP contribution in [0, 0.1) is 13.8 Å². The maximum Gasteiger partial charge on any atom is 0.0788 e. The minimum atomic E-state index is -1.56. The van der Waals surface area contributed by atoms with Crippen LogP contribution in [-0.2, 0) is 18.0 Å². The van der Waals surface area contributed by atoms with E-state index in [9.17, 15) is 0 Å². The van der Waals surface area contributed by atoms with E-state index < -0.39 is 8.07 Å². The molecular weight excluding hydrogens is 322 g/mol. The zero-order chi connectivity index (χ0) is 17.8. The lowest BCUT2D eigenvalue weighted by Gasteiger charge is -2.28. The molecule has 1 aliphatic rings. The molecule has 3 heteroatoms. The van der Waals surface area contributed by atoms with Crippen LogP contribution in [0.1, 0.15) is 22.3 Å². The quantitative estimate of drug-likeness (QED) is 0.602. The molecule has 4 rings (SSSR count). The van der Waals surface area contributed by atoms with Crippen molar-refractivity contribution in [3.05, 3.63) is 58.8 Å². The fourth-order valence-electron chi connectivity index (χ4n) is 4.33. The Morgan fingerprint density at radius 2 is 1.60 bits per heavy atom. The summed E-state index contributed by atoms with van der Waals surface area (Å²) in [5, 5.41) is 4.03. The van der Waals surface area contributed by atoms with Gasteiger partial charge in [-0.15, -0.1) is 0 Å². The number of nitrogens with zero attached hydrogens (tertiary/aromatic N) is 1. The van der Waals surface area contributed by atoms with Crippen molar-refractivity contribution in [3.63, 3.8) is 0 Å². The Hall–Kier alpha value is -1.97. The Morgan fingerprint density at radius 3 is 2.32 bits per heavy atom. The molecule has 2 aromatic carbocycles. The Bertz CT molecular complexity index is 980. The zero-order valence-corrected chi connectivity index (χ0v) is 16.7. The second-order valence-corrected chi connectivity index (χ2v) is 13.1. The van der Waals surface area contributed by atoms with Crippen LogP contribution in [0.4, 0.5) is 0 Å². The highest BCUT2D eigenvalue weighted by atomic mass is 28.3. The molecule has 0 amide bonds. The molecule has 2 nitrogen and oxygen atoms in total. The van der Waals surface area contributed by atoms with Crippen LogP contribution in [0.5, 0.6) is 0 Å². The Labute approximate surface area is 150 Å². The third-order valence-corrected chi connectivity index (χ3v) is 7.55. The van der Waals surface area contributed by atoms with Crippen molar-refractivity contribution < 1.29 is 4.74 Å². The van der Waals surface area contributed by atoms with Crippen molar-refractivity contribution in [2.45, 2.75) is 46.7 Å². The topological polar surface area (TPSA) is 22.1 Å². The van der Waals surface area contributed by atoms with Crippen LogP contribution in [0.2, 0.25) is 19.6 Å². The van der Waals surface area contributed by atoms with Crippen LogP contribution < -0.4 is 5.19 Å². The second kappa shape index (κ2) is 5.79. The highest BCUT2D eigenvalue weighted by Gasteiger charge is 2.31. The molecule has 0 atom stereocenters. The number of ether oxygens (including phenoxy) is 1. The van der Waals surface area contributed by atoms with E-state index in [1.54, 1.807) is 0 Å². The van der Waals surface area contributed by atoms with E-state index in [4.69, 9.17) is 9.72 Å². The van der Waals surface area contributed by atoms with Gasteiger partial charge in [0, 0.05) is 17.1 Å². The normalized spacial score (nSPS) is 14.1. The van der Waals surface area contributed by atoms with Crippen molar-refractivity contribution in [1.29, 1.82) is 0 Å². The van der Waals surface area contributed by atoms with Crippen LogP contribution >= 0.6 is 0 Å². The molecule has 0 N–H and O–H groups in total. The van der Waals surface area contributed by atoms with Crippen molar-refractivity contribution in [1.82, 2.24) is 4.98 Å². The first-order chi connectivity index (χ1) is 11.9. The van der Waals surface area contributed by atoms with E-state index in [1.807, 2.05) is 6.20 Å².